The number of aromatic nitrogens is 2. The number of benzene rings is 1. The predicted octanol–water partition coefficient (Wildman–Crippen LogP) is 3.32. The largest absolute Gasteiger partial charge is 0.421 e. The van der Waals surface area contributed by atoms with Crippen molar-refractivity contribution in [1.29, 1.82) is 0 Å². The predicted molar refractivity (Wildman–Crippen MR) is 92.1 cm³/mol. The molecule has 24 heavy (non-hydrogen) atoms. The van der Waals surface area contributed by atoms with Crippen LogP contribution < -0.4 is 0 Å². The fourth-order valence-electron chi connectivity index (χ4n) is 2.26. The Labute approximate surface area is 144 Å². The van der Waals surface area contributed by atoms with Crippen molar-refractivity contribution in [2.45, 2.75) is 24.6 Å². The third-order valence-corrected chi connectivity index (χ3v) is 6.83. The number of thiophene rings is 1. The van der Waals surface area contributed by atoms with Gasteiger partial charge < -0.3 is 4.42 Å². The van der Waals surface area contributed by atoms with Gasteiger partial charge in [-0.1, -0.05) is 37.3 Å². The van der Waals surface area contributed by atoms with Gasteiger partial charge in [-0.05, 0) is 11.6 Å². The third-order valence-electron chi connectivity index (χ3n) is 3.50. The van der Waals surface area contributed by atoms with Crippen LogP contribution >= 0.6 is 11.3 Å². The number of rotatable bonds is 6. The van der Waals surface area contributed by atoms with E-state index in [-0.39, 0.29) is 4.21 Å². The highest BCUT2D eigenvalue weighted by molar-refractivity contribution is 7.91. The lowest BCUT2D eigenvalue weighted by molar-refractivity contribution is 0.425. The van der Waals surface area contributed by atoms with Gasteiger partial charge in [-0.25, -0.2) is 8.42 Å². The number of hydrogen-bond donors (Lipinski definition) is 0. The molecule has 0 saturated heterocycles. The Morgan fingerprint density at radius 1 is 1.21 bits per heavy atom. The lowest BCUT2D eigenvalue weighted by atomic mass is 10.2. The van der Waals surface area contributed by atoms with E-state index in [0.717, 1.165) is 16.9 Å². The molecule has 0 radical (unpaired) electrons. The summed E-state index contributed by atoms with van der Waals surface area (Å²) in [5.41, 5.74) is 1.57. The maximum absolute atomic E-state index is 12.9. The molecule has 0 aliphatic carbocycles. The van der Waals surface area contributed by atoms with Crippen LogP contribution in [0.5, 0.6) is 0 Å². The van der Waals surface area contributed by atoms with Crippen LogP contribution in [-0.2, 0) is 16.6 Å². The van der Waals surface area contributed by atoms with Gasteiger partial charge in [-0.2, -0.15) is 4.31 Å². The summed E-state index contributed by atoms with van der Waals surface area (Å²) in [4.78, 5) is 0. The molecule has 1 aromatic carbocycles. The van der Waals surface area contributed by atoms with E-state index >= 15 is 0 Å². The minimum absolute atomic E-state index is 0.270. The second kappa shape index (κ2) is 6.84. The average molecular weight is 363 g/mol. The van der Waals surface area contributed by atoms with Crippen molar-refractivity contribution in [2.75, 3.05) is 6.54 Å². The molecule has 0 aliphatic rings. The molecule has 2 aromatic heterocycles. The molecule has 2 heterocycles. The van der Waals surface area contributed by atoms with E-state index in [9.17, 15) is 8.42 Å². The summed E-state index contributed by atoms with van der Waals surface area (Å²) in [6.07, 6.45) is 0. The molecule has 8 heteroatoms. The van der Waals surface area contributed by atoms with Crippen molar-refractivity contribution in [1.82, 2.24) is 14.5 Å². The minimum atomic E-state index is -3.57. The summed E-state index contributed by atoms with van der Waals surface area (Å²) in [6, 6.07) is 11.1. The Balaban J connectivity index is 1.87. The number of hydrogen-bond acceptors (Lipinski definition) is 6. The molecular weight excluding hydrogens is 346 g/mol. The molecule has 0 spiro atoms. The molecule has 6 nitrogen and oxygen atoms in total. The third kappa shape index (κ3) is 3.40. The molecule has 3 rings (SSSR count). The van der Waals surface area contributed by atoms with Crippen molar-refractivity contribution in [2.24, 2.45) is 0 Å². The maximum Gasteiger partial charge on any atom is 0.252 e. The summed E-state index contributed by atoms with van der Waals surface area (Å²) in [5.74, 6) is 0.774. The van der Waals surface area contributed by atoms with Gasteiger partial charge >= 0.3 is 0 Å². The highest BCUT2D eigenvalue weighted by Gasteiger charge is 2.26. The smallest absolute Gasteiger partial charge is 0.252 e. The Morgan fingerprint density at radius 3 is 2.58 bits per heavy atom. The number of sulfonamides is 1. The summed E-state index contributed by atoms with van der Waals surface area (Å²) in [7, 11) is -3.57. The number of aryl methyl sites for hydroxylation is 1. The fraction of sp³-hybridized carbons (Fsp3) is 0.250. The highest BCUT2D eigenvalue weighted by Crippen LogP contribution is 2.30. The fourth-order valence-corrected chi connectivity index (χ4v) is 5.00. The summed E-state index contributed by atoms with van der Waals surface area (Å²) in [6.45, 7) is 4.26. The first kappa shape index (κ1) is 16.8. The van der Waals surface area contributed by atoms with Crippen molar-refractivity contribution in [3.05, 3.63) is 53.2 Å². The molecule has 0 saturated carbocycles. The highest BCUT2D eigenvalue weighted by atomic mass is 32.2. The lowest BCUT2D eigenvalue weighted by Gasteiger charge is -2.19. The van der Waals surface area contributed by atoms with Crippen molar-refractivity contribution < 1.29 is 12.8 Å². The Kier molecular flexibility index (Phi) is 4.79. The van der Waals surface area contributed by atoms with Crippen LogP contribution in [0, 0.1) is 6.92 Å². The van der Waals surface area contributed by atoms with Gasteiger partial charge in [0.15, 0.2) is 0 Å². The zero-order valence-electron chi connectivity index (χ0n) is 13.3. The number of nitrogens with zero attached hydrogens (tertiary/aromatic N) is 3. The zero-order valence-corrected chi connectivity index (χ0v) is 15.0. The van der Waals surface area contributed by atoms with Gasteiger partial charge in [-0.15, -0.1) is 21.5 Å². The molecule has 126 valence electrons. The lowest BCUT2D eigenvalue weighted by Crippen LogP contribution is -2.29. The quantitative estimate of drug-likeness (QED) is 0.671. The van der Waals surface area contributed by atoms with Gasteiger partial charge in [0, 0.05) is 25.4 Å². The van der Waals surface area contributed by atoms with Crippen molar-refractivity contribution >= 4 is 21.4 Å². The molecule has 0 amide bonds. The van der Waals surface area contributed by atoms with Crippen LogP contribution in [0.4, 0.5) is 0 Å². The topological polar surface area (TPSA) is 76.3 Å². The normalized spacial score (nSPS) is 12.0. The van der Waals surface area contributed by atoms with E-state index in [0.29, 0.717) is 30.4 Å². The molecule has 3 aromatic rings. The maximum atomic E-state index is 12.9. The first-order valence-corrected chi connectivity index (χ1v) is 9.75. The average Bonchev–Trinajstić information content (AvgIpc) is 3.22. The van der Waals surface area contributed by atoms with Crippen LogP contribution in [0.3, 0.4) is 0 Å². The van der Waals surface area contributed by atoms with E-state index in [1.807, 2.05) is 37.3 Å². The second-order valence-electron chi connectivity index (χ2n) is 5.20. The van der Waals surface area contributed by atoms with Crippen LogP contribution in [0.25, 0.3) is 11.5 Å². The first-order valence-electron chi connectivity index (χ1n) is 7.44. The minimum Gasteiger partial charge on any atom is -0.421 e. The van der Waals surface area contributed by atoms with Crippen molar-refractivity contribution in [3.63, 3.8) is 0 Å². The second-order valence-corrected chi connectivity index (χ2v) is 8.27. The first-order chi connectivity index (χ1) is 11.5. The van der Waals surface area contributed by atoms with Crippen LogP contribution in [-0.4, -0.2) is 29.5 Å². The van der Waals surface area contributed by atoms with Gasteiger partial charge in [0.2, 0.25) is 11.8 Å². The van der Waals surface area contributed by atoms with Gasteiger partial charge in [0.05, 0.1) is 5.56 Å². The molecule has 0 N–H and O–H groups in total. The molecule has 0 bridgehead atoms. The summed E-state index contributed by atoms with van der Waals surface area (Å²) < 4.78 is 32.9. The van der Waals surface area contributed by atoms with Gasteiger partial charge in [-0.3, -0.25) is 0 Å². The summed E-state index contributed by atoms with van der Waals surface area (Å²) in [5, 5.41) is 9.41. The van der Waals surface area contributed by atoms with Crippen LogP contribution in [0.15, 0.2) is 50.4 Å². The Morgan fingerprint density at radius 2 is 1.96 bits per heavy atom. The Bertz CT molecular complexity index is 917. The van der Waals surface area contributed by atoms with E-state index < -0.39 is 10.0 Å². The SMILES string of the molecule is CCN(Cc1ccccc1)S(=O)(=O)c1cc(-c2nnc(C)o2)cs1. The monoisotopic (exact) mass is 363 g/mol. The molecule has 0 unspecified atom stereocenters. The van der Waals surface area contributed by atoms with Crippen molar-refractivity contribution in [3.8, 4) is 11.5 Å². The van der Waals surface area contributed by atoms with E-state index in [1.165, 1.54) is 4.31 Å². The molecule has 0 atom stereocenters. The van der Waals surface area contributed by atoms with Gasteiger partial charge in [0.1, 0.15) is 4.21 Å². The molecule has 0 fully saturated rings. The Hall–Kier alpha value is -2.03. The summed E-state index contributed by atoms with van der Waals surface area (Å²) >= 11 is 1.16. The van der Waals surface area contributed by atoms with E-state index in [2.05, 4.69) is 10.2 Å². The van der Waals surface area contributed by atoms with E-state index in [1.54, 1.807) is 18.4 Å². The van der Waals surface area contributed by atoms with E-state index in [4.69, 9.17) is 4.42 Å². The standard InChI is InChI=1S/C16H17N3O3S2/c1-3-19(10-13-7-5-4-6-8-13)24(20,21)15-9-14(11-23-15)16-18-17-12(2)22-16/h4-9,11H,3,10H2,1-2H3. The molecular formula is C16H17N3O3S2. The van der Waals surface area contributed by atoms with Gasteiger partial charge in [0.25, 0.3) is 10.0 Å². The van der Waals surface area contributed by atoms with Crippen LogP contribution in [0.1, 0.15) is 18.4 Å². The zero-order chi connectivity index (χ0) is 17.2. The molecule has 0 aliphatic heterocycles. The van der Waals surface area contributed by atoms with Crippen LogP contribution in [0.2, 0.25) is 0 Å².